The van der Waals surface area contributed by atoms with Gasteiger partial charge in [-0.1, -0.05) is 13.8 Å². The van der Waals surface area contributed by atoms with Gasteiger partial charge in [0.1, 0.15) is 5.69 Å². The zero-order valence-corrected chi connectivity index (χ0v) is 12.6. The molecule has 1 aromatic heterocycles. The highest BCUT2D eigenvalue weighted by Crippen LogP contribution is 2.58. The average molecular weight is 292 g/mol. The van der Waals surface area contributed by atoms with Crippen molar-refractivity contribution in [1.82, 2.24) is 4.98 Å². The Kier molecular flexibility index (Phi) is 3.89. The van der Waals surface area contributed by atoms with E-state index >= 15 is 0 Å². The first-order valence-electron chi connectivity index (χ1n) is 6.90. The fraction of sp³-hybridized carbons (Fsp3) is 0.533. The van der Waals surface area contributed by atoms with E-state index in [0.717, 1.165) is 0 Å². The van der Waals surface area contributed by atoms with Gasteiger partial charge in [-0.05, 0) is 31.4 Å². The summed E-state index contributed by atoms with van der Waals surface area (Å²) in [5.74, 6) is -2.10. The molecule has 1 fully saturated rings. The lowest BCUT2D eigenvalue weighted by atomic mass is 10.1. The van der Waals surface area contributed by atoms with Crippen LogP contribution in [0.3, 0.4) is 0 Å². The molecule has 0 radical (unpaired) electrons. The van der Waals surface area contributed by atoms with Crippen molar-refractivity contribution in [3.05, 3.63) is 18.3 Å². The predicted octanol–water partition coefficient (Wildman–Crippen LogP) is 2.16. The third-order valence-electron chi connectivity index (χ3n) is 3.75. The summed E-state index contributed by atoms with van der Waals surface area (Å²) in [4.78, 5) is 27.5. The number of aliphatic carboxylic acids is 1. The molecule has 2 rings (SSSR count). The molecule has 1 aliphatic carbocycles. The summed E-state index contributed by atoms with van der Waals surface area (Å²) in [6.07, 6.45) is 1.51. The lowest BCUT2D eigenvalue weighted by Crippen LogP contribution is -2.19. The minimum Gasteiger partial charge on any atom is -0.481 e. The molecule has 0 unspecified atom stereocenters. The third kappa shape index (κ3) is 2.99. The van der Waals surface area contributed by atoms with Crippen molar-refractivity contribution in [2.75, 3.05) is 5.32 Å². The van der Waals surface area contributed by atoms with Gasteiger partial charge in [-0.2, -0.15) is 0 Å². The van der Waals surface area contributed by atoms with Crippen LogP contribution in [0.25, 0.3) is 0 Å². The summed E-state index contributed by atoms with van der Waals surface area (Å²) in [6, 6.07) is 3.38. The van der Waals surface area contributed by atoms with Gasteiger partial charge in [0.05, 0.1) is 17.9 Å². The van der Waals surface area contributed by atoms with Gasteiger partial charge in [0.25, 0.3) is 0 Å². The number of carbonyl (C=O) groups excluding carboxylic acids is 1. The van der Waals surface area contributed by atoms with E-state index in [1.165, 1.54) is 0 Å². The summed E-state index contributed by atoms with van der Waals surface area (Å²) in [6.45, 7) is 7.30. The largest absolute Gasteiger partial charge is 0.481 e. The number of carboxylic acids is 1. The van der Waals surface area contributed by atoms with Gasteiger partial charge < -0.3 is 15.2 Å². The second-order valence-corrected chi connectivity index (χ2v) is 6.13. The number of amides is 1. The second-order valence-electron chi connectivity index (χ2n) is 6.13. The molecule has 0 bridgehead atoms. The third-order valence-corrected chi connectivity index (χ3v) is 3.75. The van der Waals surface area contributed by atoms with E-state index in [4.69, 9.17) is 9.84 Å². The number of hydrogen-bond donors (Lipinski definition) is 2. The Labute approximate surface area is 123 Å². The Morgan fingerprint density at radius 3 is 2.57 bits per heavy atom. The number of carboxylic acid groups (broad SMARTS) is 1. The number of nitrogens with zero attached hydrogens (tertiary/aromatic N) is 1. The minimum atomic E-state index is -0.940. The number of pyridine rings is 1. The molecule has 2 N–H and O–H groups in total. The molecule has 0 saturated heterocycles. The van der Waals surface area contributed by atoms with Crippen LogP contribution >= 0.6 is 0 Å². The van der Waals surface area contributed by atoms with E-state index in [1.807, 2.05) is 13.8 Å². The highest BCUT2D eigenvalue weighted by Gasteiger charge is 2.65. The van der Waals surface area contributed by atoms with Crippen LogP contribution < -0.4 is 10.1 Å². The Morgan fingerprint density at radius 1 is 1.38 bits per heavy atom. The molecule has 114 valence electrons. The highest BCUT2D eigenvalue weighted by molar-refractivity contribution is 6.00. The van der Waals surface area contributed by atoms with Crippen molar-refractivity contribution in [3.8, 4) is 5.88 Å². The number of rotatable bonds is 5. The first kappa shape index (κ1) is 15.3. The summed E-state index contributed by atoms with van der Waals surface area (Å²) >= 11 is 0. The van der Waals surface area contributed by atoms with E-state index < -0.39 is 23.2 Å². The van der Waals surface area contributed by atoms with Crippen molar-refractivity contribution in [2.24, 2.45) is 17.3 Å². The molecule has 1 saturated carbocycles. The maximum absolute atomic E-state index is 12.3. The van der Waals surface area contributed by atoms with Gasteiger partial charge in [0.15, 0.2) is 0 Å². The summed E-state index contributed by atoms with van der Waals surface area (Å²) in [7, 11) is 0. The molecular weight excluding hydrogens is 272 g/mol. The van der Waals surface area contributed by atoms with Crippen molar-refractivity contribution in [2.45, 2.75) is 33.8 Å². The van der Waals surface area contributed by atoms with Crippen LogP contribution in [0.15, 0.2) is 18.3 Å². The predicted molar refractivity (Wildman–Crippen MR) is 77.0 cm³/mol. The smallest absolute Gasteiger partial charge is 0.307 e. The zero-order chi connectivity index (χ0) is 15.8. The molecule has 0 aromatic carbocycles. The van der Waals surface area contributed by atoms with Crippen molar-refractivity contribution < 1.29 is 19.4 Å². The van der Waals surface area contributed by atoms with Gasteiger partial charge in [0.2, 0.25) is 11.8 Å². The number of ether oxygens (including phenoxy) is 1. The van der Waals surface area contributed by atoms with Crippen LogP contribution in [0, 0.1) is 17.3 Å². The van der Waals surface area contributed by atoms with E-state index in [9.17, 15) is 9.59 Å². The monoisotopic (exact) mass is 292 g/mol. The molecular formula is C15H20N2O4. The van der Waals surface area contributed by atoms with E-state index in [0.29, 0.717) is 11.6 Å². The summed E-state index contributed by atoms with van der Waals surface area (Å²) in [5.41, 5.74) is -0.0694. The van der Waals surface area contributed by atoms with Gasteiger partial charge in [-0.15, -0.1) is 0 Å². The van der Waals surface area contributed by atoms with Crippen molar-refractivity contribution >= 4 is 17.6 Å². The standard InChI is InChI=1S/C15H20N2O4/c1-8(2)21-13-9(6-5-7-16-13)17-12(18)10-11(14(19)20)15(10,3)4/h5-8,10-11H,1-4H3,(H,17,18)(H,19,20)/t10-,11+/m1/s1. The maximum atomic E-state index is 12.3. The van der Waals surface area contributed by atoms with Crippen LogP contribution in [0.5, 0.6) is 5.88 Å². The first-order valence-corrected chi connectivity index (χ1v) is 6.90. The van der Waals surface area contributed by atoms with E-state index in [-0.39, 0.29) is 12.0 Å². The Morgan fingerprint density at radius 2 is 2.05 bits per heavy atom. The molecule has 21 heavy (non-hydrogen) atoms. The van der Waals surface area contributed by atoms with Crippen molar-refractivity contribution in [1.29, 1.82) is 0 Å². The minimum absolute atomic E-state index is 0.0697. The average Bonchev–Trinajstić information content (AvgIpc) is 2.94. The zero-order valence-electron chi connectivity index (χ0n) is 12.6. The lowest BCUT2D eigenvalue weighted by molar-refractivity contribution is -0.140. The van der Waals surface area contributed by atoms with Crippen LogP contribution in [0.4, 0.5) is 5.69 Å². The molecule has 0 aliphatic heterocycles. The highest BCUT2D eigenvalue weighted by atomic mass is 16.5. The first-order chi connectivity index (χ1) is 9.75. The Balaban J connectivity index is 2.13. The lowest BCUT2D eigenvalue weighted by Gasteiger charge is -2.13. The fourth-order valence-corrected chi connectivity index (χ4v) is 2.60. The quantitative estimate of drug-likeness (QED) is 0.868. The number of nitrogens with one attached hydrogen (secondary N) is 1. The van der Waals surface area contributed by atoms with Crippen LogP contribution in [0.1, 0.15) is 27.7 Å². The number of carbonyl (C=O) groups is 2. The molecule has 1 aliphatic rings. The fourth-order valence-electron chi connectivity index (χ4n) is 2.60. The molecule has 0 spiro atoms. The SMILES string of the molecule is CC(C)Oc1ncccc1NC(=O)[C@H]1[C@@H](C(=O)O)C1(C)C. The van der Waals surface area contributed by atoms with E-state index in [1.54, 1.807) is 32.2 Å². The van der Waals surface area contributed by atoms with Crippen LogP contribution in [-0.2, 0) is 9.59 Å². The van der Waals surface area contributed by atoms with Gasteiger partial charge in [-0.3, -0.25) is 9.59 Å². The van der Waals surface area contributed by atoms with Gasteiger partial charge >= 0.3 is 5.97 Å². The normalized spacial score (nSPS) is 22.7. The van der Waals surface area contributed by atoms with Gasteiger partial charge in [0, 0.05) is 6.20 Å². The topological polar surface area (TPSA) is 88.5 Å². The molecule has 1 heterocycles. The number of anilines is 1. The van der Waals surface area contributed by atoms with Crippen LogP contribution in [-0.4, -0.2) is 28.1 Å². The molecule has 1 amide bonds. The summed E-state index contributed by atoms with van der Waals surface area (Å²) in [5, 5.41) is 11.9. The molecule has 1 aromatic rings. The second kappa shape index (κ2) is 5.35. The summed E-state index contributed by atoms with van der Waals surface area (Å²) < 4.78 is 5.53. The molecule has 6 heteroatoms. The van der Waals surface area contributed by atoms with Crippen molar-refractivity contribution in [3.63, 3.8) is 0 Å². The van der Waals surface area contributed by atoms with Crippen LogP contribution in [0.2, 0.25) is 0 Å². The maximum Gasteiger partial charge on any atom is 0.307 e. The Bertz CT molecular complexity index is 569. The molecule has 2 atom stereocenters. The van der Waals surface area contributed by atoms with Gasteiger partial charge in [-0.25, -0.2) is 4.98 Å². The number of aromatic nitrogens is 1. The van der Waals surface area contributed by atoms with E-state index in [2.05, 4.69) is 10.3 Å². The molecule has 6 nitrogen and oxygen atoms in total. The number of hydrogen-bond acceptors (Lipinski definition) is 4. The Hall–Kier alpha value is -2.11.